The predicted octanol–water partition coefficient (Wildman–Crippen LogP) is -2.74. The molecule has 1 fully saturated rings. The van der Waals surface area contributed by atoms with Crippen LogP contribution in [0.3, 0.4) is 0 Å². The first-order valence-electron chi connectivity index (χ1n) is 4.74. The van der Waals surface area contributed by atoms with Crippen molar-refractivity contribution in [3.63, 3.8) is 0 Å². The zero-order valence-electron chi connectivity index (χ0n) is 8.23. The van der Waals surface area contributed by atoms with Gasteiger partial charge in [0.25, 0.3) is 0 Å². The van der Waals surface area contributed by atoms with E-state index in [-0.39, 0.29) is 73.8 Å². The molecule has 80 valence electrons. The number of allylic oxidation sites excluding steroid dienone is 4. The number of rotatable bonds is 1. The number of hydrogen-bond donors (Lipinski definition) is 0. The topological polar surface area (TPSA) is 0 Å². The molecule has 0 saturated heterocycles. The van der Waals surface area contributed by atoms with Crippen molar-refractivity contribution in [2.45, 2.75) is 38.5 Å². The molecular formula is C11H15HfI2-3. The summed E-state index contributed by atoms with van der Waals surface area (Å²) in [4.78, 5) is 0. The van der Waals surface area contributed by atoms with E-state index >= 15 is 0 Å². The van der Waals surface area contributed by atoms with Crippen LogP contribution in [-0.4, -0.2) is 0 Å². The van der Waals surface area contributed by atoms with E-state index in [4.69, 9.17) is 0 Å². The summed E-state index contributed by atoms with van der Waals surface area (Å²) in [6, 6.07) is 0. The smallest absolute Gasteiger partial charge is 0 e. The van der Waals surface area contributed by atoms with Crippen molar-refractivity contribution < 1.29 is 73.8 Å². The Morgan fingerprint density at radius 3 is 2.21 bits per heavy atom. The molecule has 0 radical (unpaired) electrons. The SMILES string of the molecule is [C-]1=C(C2CCCCC2)C=CC1.[Hf].[I-].[I-]. The van der Waals surface area contributed by atoms with Crippen LogP contribution in [0.5, 0.6) is 0 Å². The molecule has 0 aromatic heterocycles. The summed E-state index contributed by atoms with van der Waals surface area (Å²) in [7, 11) is 0. The summed E-state index contributed by atoms with van der Waals surface area (Å²) in [5, 5.41) is 0. The summed E-state index contributed by atoms with van der Waals surface area (Å²) in [5.74, 6) is 0.863. The van der Waals surface area contributed by atoms with Gasteiger partial charge in [0.15, 0.2) is 0 Å². The Balaban J connectivity index is 0. The van der Waals surface area contributed by atoms with Crippen LogP contribution in [0.2, 0.25) is 0 Å². The summed E-state index contributed by atoms with van der Waals surface area (Å²) in [6.07, 6.45) is 16.1. The number of hydrogen-bond acceptors (Lipinski definition) is 0. The first-order chi connectivity index (χ1) is 5.47. The molecule has 0 atom stereocenters. The van der Waals surface area contributed by atoms with Gasteiger partial charge in [-0.2, -0.15) is 6.08 Å². The fourth-order valence-corrected chi connectivity index (χ4v) is 2.12. The second kappa shape index (κ2) is 10.00. The molecule has 2 aliphatic carbocycles. The molecule has 3 heteroatoms. The third-order valence-corrected chi connectivity index (χ3v) is 2.77. The molecule has 0 aliphatic heterocycles. The summed E-state index contributed by atoms with van der Waals surface area (Å²) in [5.41, 5.74) is 1.50. The molecule has 14 heavy (non-hydrogen) atoms. The summed E-state index contributed by atoms with van der Waals surface area (Å²) in [6.45, 7) is 0. The molecule has 0 N–H and O–H groups in total. The Labute approximate surface area is 140 Å². The molecule has 0 heterocycles. The molecular weight excluding hydrogens is 564 g/mol. The van der Waals surface area contributed by atoms with E-state index < -0.39 is 0 Å². The first-order valence-corrected chi connectivity index (χ1v) is 4.74. The standard InChI is InChI=1S/C11H15.Hf.2HI/c1-2-6-10(7-3-1)11-8-4-5-9-11;;;/h4,8,10H,1-3,5-7H2;;2*1H/q-1;;;/p-2. The third-order valence-electron chi connectivity index (χ3n) is 2.77. The van der Waals surface area contributed by atoms with Crippen LogP contribution in [0.1, 0.15) is 38.5 Å². The van der Waals surface area contributed by atoms with Crippen molar-refractivity contribution in [1.29, 1.82) is 0 Å². The van der Waals surface area contributed by atoms with Crippen molar-refractivity contribution in [2.75, 3.05) is 0 Å². The quantitative estimate of drug-likeness (QED) is 0.180. The second-order valence-electron chi connectivity index (χ2n) is 3.57. The van der Waals surface area contributed by atoms with Gasteiger partial charge in [-0.05, 0) is 18.8 Å². The van der Waals surface area contributed by atoms with Gasteiger partial charge in [-0.15, -0.1) is 6.42 Å². The molecule has 0 aromatic carbocycles. The van der Waals surface area contributed by atoms with Gasteiger partial charge in [0.05, 0.1) is 0 Å². The van der Waals surface area contributed by atoms with Gasteiger partial charge >= 0.3 is 0 Å². The molecule has 0 unspecified atom stereocenters. The minimum absolute atomic E-state index is 0. The molecule has 0 bridgehead atoms. The van der Waals surface area contributed by atoms with Gasteiger partial charge in [0.2, 0.25) is 0 Å². The normalized spacial score (nSPS) is 20.1. The van der Waals surface area contributed by atoms with Gasteiger partial charge in [0.1, 0.15) is 0 Å². The van der Waals surface area contributed by atoms with Crippen LogP contribution in [0.4, 0.5) is 0 Å². The minimum Gasteiger partial charge on any atom is -1.00 e. The van der Waals surface area contributed by atoms with E-state index in [1.807, 2.05) is 0 Å². The van der Waals surface area contributed by atoms with Crippen molar-refractivity contribution in [1.82, 2.24) is 0 Å². The van der Waals surface area contributed by atoms with Crippen molar-refractivity contribution >= 4 is 0 Å². The first kappa shape index (κ1) is 18.2. The second-order valence-corrected chi connectivity index (χ2v) is 3.57. The molecule has 0 amide bonds. The van der Waals surface area contributed by atoms with Crippen LogP contribution >= 0.6 is 0 Å². The monoisotopic (exact) mass is 581 g/mol. The minimum atomic E-state index is 0. The van der Waals surface area contributed by atoms with Gasteiger partial charge in [-0.25, -0.2) is 11.6 Å². The van der Waals surface area contributed by atoms with Crippen LogP contribution in [0, 0.1) is 12.0 Å². The zero-order chi connectivity index (χ0) is 7.52. The zero-order valence-corrected chi connectivity index (χ0v) is 16.1. The average molecular weight is 580 g/mol. The Morgan fingerprint density at radius 1 is 1.07 bits per heavy atom. The van der Waals surface area contributed by atoms with Gasteiger partial charge < -0.3 is 48.0 Å². The molecule has 1 saturated carbocycles. The van der Waals surface area contributed by atoms with Crippen molar-refractivity contribution in [3.05, 3.63) is 23.8 Å². The molecule has 0 nitrogen and oxygen atoms in total. The summed E-state index contributed by atoms with van der Waals surface area (Å²) >= 11 is 0. The largest absolute Gasteiger partial charge is 1.00 e. The van der Waals surface area contributed by atoms with E-state index in [1.54, 1.807) is 0 Å². The maximum atomic E-state index is 3.43. The molecule has 2 aliphatic rings. The molecule has 0 spiro atoms. The van der Waals surface area contributed by atoms with E-state index in [9.17, 15) is 0 Å². The Kier molecular flexibility index (Phi) is 13.0. The van der Waals surface area contributed by atoms with E-state index in [0.29, 0.717) is 0 Å². The van der Waals surface area contributed by atoms with Crippen LogP contribution in [0.25, 0.3) is 0 Å². The maximum absolute atomic E-state index is 3.43. The van der Waals surface area contributed by atoms with E-state index in [0.717, 1.165) is 12.3 Å². The third kappa shape index (κ3) is 5.23. The Hall–Kier alpha value is 1.81. The molecule has 0 aromatic rings. The summed E-state index contributed by atoms with van der Waals surface area (Å²) < 4.78 is 0. The van der Waals surface area contributed by atoms with Crippen LogP contribution in [0.15, 0.2) is 17.7 Å². The van der Waals surface area contributed by atoms with Crippen LogP contribution < -0.4 is 48.0 Å². The predicted molar refractivity (Wildman–Crippen MR) is 47.1 cm³/mol. The number of halogens is 2. The maximum Gasteiger partial charge on any atom is 0 e. The van der Waals surface area contributed by atoms with Gasteiger partial charge in [-0.1, -0.05) is 19.3 Å². The average Bonchev–Trinajstić information content (AvgIpc) is 2.58. The fourth-order valence-electron chi connectivity index (χ4n) is 2.12. The van der Waals surface area contributed by atoms with Crippen molar-refractivity contribution in [3.8, 4) is 0 Å². The fraction of sp³-hybridized carbons (Fsp3) is 0.636. The molecule has 2 rings (SSSR count). The van der Waals surface area contributed by atoms with Crippen molar-refractivity contribution in [2.24, 2.45) is 5.92 Å². The van der Waals surface area contributed by atoms with E-state index in [2.05, 4.69) is 18.2 Å². The Morgan fingerprint density at radius 2 is 1.71 bits per heavy atom. The van der Waals surface area contributed by atoms with Crippen LogP contribution in [-0.2, 0) is 25.8 Å². The van der Waals surface area contributed by atoms with E-state index in [1.165, 1.54) is 37.7 Å². The van der Waals surface area contributed by atoms with Gasteiger partial charge in [0, 0.05) is 25.8 Å². The Bertz CT molecular complexity index is 193. The van der Waals surface area contributed by atoms with Gasteiger partial charge in [-0.3, -0.25) is 6.08 Å².